The molecule has 0 atom stereocenters. The molecule has 1 aliphatic carbocycles. The summed E-state index contributed by atoms with van der Waals surface area (Å²) in [5, 5.41) is 12.1. The van der Waals surface area contributed by atoms with E-state index in [1.807, 2.05) is 24.3 Å². The van der Waals surface area contributed by atoms with E-state index >= 15 is 0 Å². The van der Waals surface area contributed by atoms with Gasteiger partial charge in [0, 0.05) is 17.2 Å². The molecule has 0 spiro atoms. The first-order valence-electron chi connectivity index (χ1n) is 10.5. The van der Waals surface area contributed by atoms with Crippen molar-refractivity contribution in [3.8, 4) is 23.1 Å². The summed E-state index contributed by atoms with van der Waals surface area (Å²) in [6.45, 7) is 2.84. The molecule has 29 heavy (non-hydrogen) atoms. The van der Waals surface area contributed by atoms with Crippen LogP contribution in [-0.2, 0) is 0 Å². The lowest BCUT2D eigenvalue weighted by molar-refractivity contribution is 0.309. The zero-order valence-corrected chi connectivity index (χ0v) is 16.8. The molecule has 1 aromatic carbocycles. The molecule has 6 nitrogen and oxygen atoms in total. The second-order valence-electron chi connectivity index (χ2n) is 7.72. The first kappa shape index (κ1) is 19.3. The standard InChI is InChI=1S/C23H26N4O2/c1-2-3-13-29-19-11-9-17(10-12-19)22-21(16-7-5-4-6-8-16)23(28)27-20(25-22)14-18(15-24)26-27/h9-12,14,16,26H,2-8,13H2,1H3. The van der Waals surface area contributed by atoms with E-state index in [-0.39, 0.29) is 11.5 Å². The maximum absolute atomic E-state index is 13.4. The Bertz CT molecular complexity index is 1080. The van der Waals surface area contributed by atoms with Gasteiger partial charge in [-0.2, -0.15) is 5.26 Å². The van der Waals surface area contributed by atoms with E-state index in [1.54, 1.807) is 6.07 Å². The number of ether oxygens (including phenoxy) is 1. The van der Waals surface area contributed by atoms with Crippen LogP contribution in [0.5, 0.6) is 5.75 Å². The van der Waals surface area contributed by atoms with E-state index < -0.39 is 0 Å². The summed E-state index contributed by atoms with van der Waals surface area (Å²) in [6.07, 6.45) is 7.60. The lowest BCUT2D eigenvalue weighted by Crippen LogP contribution is -2.25. The maximum Gasteiger partial charge on any atom is 0.276 e. The highest BCUT2D eigenvalue weighted by Crippen LogP contribution is 2.36. The predicted octanol–water partition coefficient (Wildman–Crippen LogP) is 4.79. The maximum atomic E-state index is 13.4. The van der Waals surface area contributed by atoms with Crippen molar-refractivity contribution in [1.82, 2.24) is 14.6 Å². The third-order valence-electron chi connectivity index (χ3n) is 5.68. The van der Waals surface area contributed by atoms with Crippen molar-refractivity contribution in [2.45, 2.75) is 57.8 Å². The minimum atomic E-state index is -0.0957. The second-order valence-corrected chi connectivity index (χ2v) is 7.72. The quantitative estimate of drug-likeness (QED) is 0.614. The van der Waals surface area contributed by atoms with E-state index in [1.165, 1.54) is 10.9 Å². The van der Waals surface area contributed by atoms with Gasteiger partial charge in [0.2, 0.25) is 0 Å². The molecule has 0 amide bonds. The number of H-pyrrole nitrogens is 1. The minimum Gasteiger partial charge on any atom is -0.494 e. The number of nitrogens with zero attached hydrogens (tertiary/aromatic N) is 3. The zero-order chi connectivity index (χ0) is 20.2. The largest absolute Gasteiger partial charge is 0.494 e. The summed E-state index contributed by atoms with van der Waals surface area (Å²) in [5.41, 5.74) is 3.11. The topological polar surface area (TPSA) is 83.2 Å². The number of rotatable bonds is 6. The van der Waals surface area contributed by atoms with Crippen molar-refractivity contribution >= 4 is 5.65 Å². The van der Waals surface area contributed by atoms with Gasteiger partial charge < -0.3 is 4.74 Å². The van der Waals surface area contributed by atoms with E-state index in [0.29, 0.717) is 17.9 Å². The van der Waals surface area contributed by atoms with Gasteiger partial charge in [0.15, 0.2) is 5.65 Å². The Kier molecular flexibility index (Phi) is 5.66. The zero-order valence-electron chi connectivity index (χ0n) is 16.8. The average Bonchev–Trinajstić information content (AvgIpc) is 3.19. The van der Waals surface area contributed by atoms with Gasteiger partial charge in [-0.1, -0.05) is 32.6 Å². The summed E-state index contributed by atoms with van der Waals surface area (Å²) < 4.78 is 7.18. The summed E-state index contributed by atoms with van der Waals surface area (Å²) >= 11 is 0. The highest BCUT2D eigenvalue weighted by molar-refractivity contribution is 5.67. The summed E-state index contributed by atoms with van der Waals surface area (Å²) in [5.74, 6) is 1.03. The fourth-order valence-electron chi connectivity index (χ4n) is 4.12. The van der Waals surface area contributed by atoms with Gasteiger partial charge in [0.25, 0.3) is 5.56 Å². The number of aromatic nitrogens is 3. The van der Waals surface area contributed by atoms with E-state index in [4.69, 9.17) is 9.72 Å². The Hall–Kier alpha value is -3.07. The first-order chi connectivity index (χ1) is 14.2. The Morgan fingerprint density at radius 1 is 1.24 bits per heavy atom. The van der Waals surface area contributed by atoms with Gasteiger partial charge in [0.05, 0.1) is 12.3 Å². The number of nitrogens with one attached hydrogen (secondary N) is 1. The molecule has 4 rings (SSSR count). The van der Waals surface area contributed by atoms with E-state index in [9.17, 15) is 10.1 Å². The second kappa shape index (κ2) is 8.52. The van der Waals surface area contributed by atoms with Crippen LogP contribution in [0, 0.1) is 11.3 Å². The van der Waals surface area contributed by atoms with E-state index in [0.717, 1.165) is 61.1 Å². The molecule has 0 unspecified atom stereocenters. The molecule has 2 aromatic heterocycles. The number of hydrogen-bond donors (Lipinski definition) is 1. The van der Waals surface area contributed by atoms with Gasteiger partial charge in [0.1, 0.15) is 17.5 Å². The molecule has 1 N–H and O–H groups in total. The molecular formula is C23H26N4O2. The fraction of sp³-hybridized carbons (Fsp3) is 0.435. The van der Waals surface area contributed by atoms with Crippen LogP contribution in [0.25, 0.3) is 16.9 Å². The molecule has 0 radical (unpaired) electrons. The normalized spacial score (nSPS) is 14.8. The highest BCUT2D eigenvalue weighted by atomic mass is 16.5. The van der Waals surface area contributed by atoms with Crippen LogP contribution in [0.4, 0.5) is 0 Å². The molecule has 0 saturated heterocycles. The number of aromatic amines is 1. The first-order valence-corrected chi connectivity index (χ1v) is 10.5. The Morgan fingerprint density at radius 2 is 2.00 bits per heavy atom. The van der Waals surface area contributed by atoms with Gasteiger partial charge in [-0.25, -0.2) is 9.50 Å². The van der Waals surface area contributed by atoms with Crippen molar-refractivity contribution in [2.75, 3.05) is 6.61 Å². The van der Waals surface area contributed by atoms with Crippen molar-refractivity contribution in [3.05, 3.63) is 51.9 Å². The number of benzene rings is 1. The van der Waals surface area contributed by atoms with E-state index in [2.05, 4.69) is 18.1 Å². The monoisotopic (exact) mass is 390 g/mol. The van der Waals surface area contributed by atoms with Gasteiger partial charge in [-0.05, 0) is 49.4 Å². The molecule has 150 valence electrons. The number of unbranched alkanes of at least 4 members (excludes halogenated alkanes) is 1. The lowest BCUT2D eigenvalue weighted by Gasteiger charge is -2.23. The smallest absolute Gasteiger partial charge is 0.276 e. The third-order valence-corrected chi connectivity index (χ3v) is 5.68. The lowest BCUT2D eigenvalue weighted by atomic mass is 9.83. The highest BCUT2D eigenvalue weighted by Gasteiger charge is 2.25. The number of nitriles is 1. The Labute approximate surface area is 170 Å². The molecule has 6 heteroatoms. The van der Waals surface area contributed by atoms with Crippen molar-refractivity contribution in [3.63, 3.8) is 0 Å². The predicted molar refractivity (Wildman–Crippen MR) is 112 cm³/mol. The van der Waals surface area contributed by atoms with Crippen LogP contribution in [-0.4, -0.2) is 21.2 Å². The summed E-state index contributed by atoms with van der Waals surface area (Å²) in [4.78, 5) is 18.1. The van der Waals surface area contributed by atoms with Gasteiger partial charge >= 0.3 is 0 Å². The molecule has 0 bridgehead atoms. The Morgan fingerprint density at radius 3 is 2.69 bits per heavy atom. The van der Waals surface area contributed by atoms with Crippen molar-refractivity contribution in [2.24, 2.45) is 0 Å². The molecule has 1 saturated carbocycles. The molecule has 0 aliphatic heterocycles. The molecular weight excluding hydrogens is 364 g/mol. The van der Waals surface area contributed by atoms with Crippen molar-refractivity contribution < 1.29 is 4.74 Å². The van der Waals surface area contributed by atoms with Crippen LogP contribution in [0.2, 0.25) is 0 Å². The van der Waals surface area contributed by atoms with Crippen LogP contribution < -0.4 is 10.3 Å². The molecule has 1 aliphatic rings. The minimum absolute atomic E-state index is 0.0957. The van der Waals surface area contributed by atoms with Crippen LogP contribution in [0.1, 0.15) is 69.0 Å². The Balaban J connectivity index is 1.79. The summed E-state index contributed by atoms with van der Waals surface area (Å²) in [6, 6.07) is 11.5. The molecule has 1 fully saturated rings. The van der Waals surface area contributed by atoms with Gasteiger partial charge in [-0.3, -0.25) is 9.89 Å². The van der Waals surface area contributed by atoms with Crippen LogP contribution >= 0.6 is 0 Å². The average molecular weight is 390 g/mol. The molecule has 2 heterocycles. The SMILES string of the molecule is CCCCOc1ccc(-c2nc3cc(C#N)[nH]n3c(=O)c2C2CCCCC2)cc1. The molecule has 3 aromatic rings. The number of hydrogen-bond acceptors (Lipinski definition) is 4. The van der Waals surface area contributed by atoms with Crippen LogP contribution in [0.15, 0.2) is 35.1 Å². The van der Waals surface area contributed by atoms with Crippen LogP contribution in [0.3, 0.4) is 0 Å². The third kappa shape index (κ3) is 3.91. The van der Waals surface area contributed by atoms with Gasteiger partial charge in [-0.15, -0.1) is 0 Å². The number of fused-ring (bicyclic) bond motifs is 1. The summed E-state index contributed by atoms with van der Waals surface area (Å²) in [7, 11) is 0. The fourth-order valence-corrected chi connectivity index (χ4v) is 4.12. The van der Waals surface area contributed by atoms with Crippen molar-refractivity contribution in [1.29, 1.82) is 5.26 Å².